The first kappa shape index (κ1) is 18.1. The van der Waals surface area contributed by atoms with E-state index < -0.39 is 6.10 Å². The SMILES string of the molecule is Oc1cc2c(cc1Cl)CC(NC[C@H](O)COc1ccccc1)CCC2. The molecule has 2 aromatic rings. The van der Waals surface area contributed by atoms with Gasteiger partial charge in [0.25, 0.3) is 0 Å². The molecule has 0 heterocycles. The molecule has 134 valence electrons. The quantitative estimate of drug-likeness (QED) is 0.691. The van der Waals surface area contributed by atoms with Crippen molar-refractivity contribution in [3.63, 3.8) is 0 Å². The van der Waals surface area contributed by atoms with Crippen LogP contribution >= 0.6 is 11.6 Å². The lowest BCUT2D eigenvalue weighted by Gasteiger charge is -2.20. The van der Waals surface area contributed by atoms with E-state index in [1.165, 1.54) is 11.1 Å². The molecule has 0 bridgehead atoms. The van der Waals surface area contributed by atoms with Gasteiger partial charge < -0.3 is 20.3 Å². The van der Waals surface area contributed by atoms with Gasteiger partial charge in [0, 0.05) is 12.6 Å². The lowest BCUT2D eigenvalue weighted by Crippen LogP contribution is -2.39. The molecule has 0 saturated heterocycles. The smallest absolute Gasteiger partial charge is 0.134 e. The molecular weight excluding hydrogens is 338 g/mol. The number of rotatable bonds is 6. The van der Waals surface area contributed by atoms with Gasteiger partial charge in [0.15, 0.2) is 0 Å². The summed E-state index contributed by atoms with van der Waals surface area (Å²) in [5.74, 6) is 0.916. The van der Waals surface area contributed by atoms with Gasteiger partial charge in [-0.1, -0.05) is 29.8 Å². The number of benzene rings is 2. The molecule has 0 spiro atoms. The zero-order valence-electron chi connectivity index (χ0n) is 14.1. The summed E-state index contributed by atoms with van der Waals surface area (Å²) >= 11 is 6.05. The molecule has 1 aliphatic rings. The molecule has 0 saturated carbocycles. The van der Waals surface area contributed by atoms with E-state index in [2.05, 4.69) is 5.32 Å². The Kier molecular flexibility index (Phi) is 6.19. The molecule has 0 radical (unpaired) electrons. The Morgan fingerprint density at radius 3 is 2.80 bits per heavy atom. The minimum Gasteiger partial charge on any atom is -0.506 e. The van der Waals surface area contributed by atoms with Gasteiger partial charge in [0.05, 0.1) is 5.02 Å². The van der Waals surface area contributed by atoms with Crippen molar-refractivity contribution in [1.82, 2.24) is 5.32 Å². The third-order valence-corrected chi connectivity index (χ3v) is 4.86. The van der Waals surface area contributed by atoms with Crippen LogP contribution in [0.5, 0.6) is 11.5 Å². The fraction of sp³-hybridized carbons (Fsp3) is 0.400. The fourth-order valence-corrected chi connectivity index (χ4v) is 3.41. The van der Waals surface area contributed by atoms with Gasteiger partial charge in [-0.2, -0.15) is 0 Å². The Hall–Kier alpha value is -1.75. The van der Waals surface area contributed by atoms with Crippen LogP contribution in [0.1, 0.15) is 24.0 Å². The molecule has 5 heteroatoms. The van der Waals surface area contributed by atoms with Gasteiger partial charge in [0.2, 0.25) is 0 Å². The van der Waals surface area contributed by atoms with E-state index in [1.54, 1.807) is 6.07 Å². The molecule has 1 aliphatic carbocycles. The third kappa shape index (κ3) is 5.11. The number of ether oxygens (including phenoxy) is 1. The van der Waals surface area contributed by atoms with Crippen LogP contribution in [0.2, 0.25) is 5.02 Å². The molecular formula is C20H24ClNO3. The number of hydrogen-bond acceptors (Lipinski definition) is 4. The minimum absolute atomic E-state index is 0.153. The highest BCUT2D eigenvalue weighted by Crippen LogP contribution is 2.30. The third-order valence-electron chi connectivity index (χ3n) is 4.56. The van der Waals surface area contributed by atoms with Crippen LogP contribution in [0.4, 0.5) is 0 Å². The molecule has 0 fully saturated rings. The number of hydrogen-bond donors (Lipinski definition) is 3. The number of nitrogens with one attached hydrogen (secondary N) is 1. The standard InChI is InChI=1S/C20H24ClNO3/c21-19-10-15-9-16(6-4-5-14(15)11-20(19)24)22-12-17(23)13-25-18-7-2-1-3-8-18/h1-3,7-8,10-11,16-17,22-24H,4-6,9,12-13H2/t16?,17-/m0/s1. The number of phenols is 1. The number of fused-ring (bicyclic) bond motifs is 1. The first-order valence-electron chi connectivity index (χ1n) is 8.71. The number of aryl methyl sites for hydroxylation is 1. The number of phenolic OH excluding ortho intramolecular Hbond substituents is 1. The number of aliphatic hydroxyl groups excluding tert-OH is 1. The maximum Gasteiger partial charge on any atom is 0.134 e. The molecule has 3 N–H and O–H groups in total. The summed E-state index contributed by atoms with van der Waals surface area (Å²) in [4.78, 5) is 0. The number of para-hydroxylation sites is 1. The zero-order chi connectivity index (χ0) is 17.6. The van der Waals surface area contributed by atoms with E-state index in [0.717, 1.165) is 31.4 Å². The number of halogens is 1. The molecule has 0 amide bonds. The van der Waals surface area contributed by atoms with Gasteiger partial charge in [0.1, 0.15) is 24.2 Å². The van der Waals surface area contributed by atoms with Gasteiger partial charge in [-0.05, 0) is 61.1 Å². The van der Waals surface area contributed by atoms with Crippen molar-refractivity contribution >= 4 is 11.6 Å². The summed E-state index contributed by atoms with van der Waals surface area (Å²) in [5.41, 5.74) is 2.34. The number of aliphatic hydroxyl groups is 1. The Morgan fingerprint density at radius 2 is 2.00 bits per heavy atom. The molecule has 4 nitrogen and oxygen atoms in total. The first-order chi connectivity index (χ1) is 12.1. The van der Waals surface area contributed by atoms with E-state index in [-0.39, 0.29) is 18.4 Å². The van der Waals surface area contributed by atoms with E-state index in [4.69, 9.17) is 16.3 Å². The lowest BCUT2D eigenvalue weighted by atomic mass is 10.0. The van der Waals surface area contributed by atoms with Crippen LogP contribution < -0.4 is 10.1 Å². The highest BCUT2D eigenvalue weighted by molar-refractivity contribution is 6.32. The average Bonchev–Trinajstić information content (AvgIpc) is 2.81. The van der Waals surface area contributed by atoms with E-state index in [1.807, 2.05) is 36.4 Å². The van der Waals surface area contributed by atoms with Gasteiger partial charge in [-0.15, -0.1) is 0 Å². The molecule has 2 atom stereocenters. The maximum atomic E-state index is 10.1. The molecule has 25 heavy (non-hydrogen) atoms. The monoisotopic (exact) mass is 361 g/mol. The van der Waals surface area contributed by atoms with E-state index >= 15 is 0 Å². The van der Waals surface area contributed by atoms with Crippen molar-refractivity contribution < 1.29 is 14.9 Å². The summed E-state index contributed by atoms with van der Waals surface area (Å²) in [6.07, 6.45) is 3.30. The minimum atomic E-state index is -0.564. The van der Waals surface area contributed by atoms with E-state index in [0.29, 0.717) is 11.6 Å². The highest BCUT2D eigenvalue weighted by atomic mass is 35.5. The number of aromatic hydroxyl groups is 1. The second kappa shape index (κ2) is 8.56. The Morgan fingerprint density at radius 1 is 1.20 bits per heavy atom. The molecule has 1 unspecified atom stereocenters. The Bertz CT molecular complexity index is 693. The van der Waals surface area contributed by atoms with Crippen LogP contribution in [0.3, 0.4) is 0 Å². The van der Waals surface area contributed by atoms with Crippen LogP contribution in [0, 0.1) is 0 Å². The maximum absolute atomic E-state index is 10.1. The van der Waals surface area contributed by atoms with Crippen LogP contribution in [0.25, 0.3) is 0 Å². The van der Waals surface area contributed by atoms with Crippen molar-refractivity contribution in [1.29, 1.82) is 0 Å². The molecule has 0 aromatic heterocycles. The molecule has 3 rings (SSSR count). The normalized spacial score (nSPS) is 18.2. The summed E-state index contributed by atoms with van der Waals surface area (Å²) in [6.45, 7) is 0.749. The van der Waals surface area contributed by atoms with E-state index in [9.17, 15) is 10.2 Å². The largest absolute Gasteiger partial charge is 0.506 e. The van der Waals surface area contributed by atoms with Crippen molar-refractivity contribution in [2.24, 2.45) is 0 Å². The fourth-order valence-electron chi connectivity index (χ4n) is 3.22. The summed E-state index contributed by atoms with van der Waals surface area (Å²) in [6, 6.07) is 13.4. The van der Waals surface area contributed by atoms with Gasteiger partial charge >= 0.3 is 0 Å². The predicted molar refractivity (Wildman–Crippen MR) is 99.5 cm³/mol. The van der Waals surface area contributed by atoms with Crippen molar-refractivity contribution in [3.05, 3.63) is 58.6 Å². The van der Waals surface area contributed by atoms with Crippen LogP contribution in [0.15, 0.2) is 42.5 Å². The lowest BCUT2D eigenvalue weighted by molar-refractivity contribution is 0.103. The van der Waals surface area contributed by atoms with Gasteiger partial charge in [-0.25, -0.2) is 0 Å². The summed E-state index contributed by atoms with van der Waals surface area (Å²) in [7, 11) is 0. The highest BCUT2D eigenvalue weighted by Gasteiger charge is 2.19. The second-order valence-electron chi connectivity index (χ2n) is 6.55. The van der Waals surface area contributed by atoms with Crippen LogP contribution in [-0.2, 0) is 12.8 Å². The second-order valence-corrected chi connectivity index (χ2v) is 6.96. The van der Waals surface area contributed by atoms with Crippen molar-refractivity contribution in [2.75, 3.05) is 13.2 Å². The van der Waals surface area contributed by atoms with Crippen LogP contribution in [-0.4, -0.2) is 35.5 Å². The Balaban J connectivity index is 1.50. The first-order valence-corrected chi connectivity index (χ1v) is 9.09. The topological polar surface area (TPSA) is 61.7 Å². The summed E-state index contributed by atoms with van der Waals surface area (Å²) in [5, 5.41) is 23.7. The predicted octanol–water partition coefficient (Wildman–Crippen LogP) is 3.32. The molecule has 0 aliphatic heterocycles. The average molecular weight is 362 g/mol. The summed E-state index contributed by atoms with van der Waals surface area (Å²) < 4.78 is 5.58. The Labute approximate surface area is 153 Å². The van der Waals surface area contributed by atoms with Crippen molar-refractivity contribution in [3.8, 4) is 11.5 Å². The van der Waals surface area contributed by atoms with Gasteiger partial charge in [-0.3, -0.25) is 0 Å². The van der Waals surface area contributed by atoms with Crippen molar-refractivity contribution in [2.45, 2.75) is 37.8 Å². The molecule has 2 aromatic carbocycles. The zero-order valence-corrected chi connectivity index (χ0v) is 14.9.